The second-order valence-electron chi connectivity index (χ2n) is 5.67. The molecule has 1 amide bonds. The maximum absolute atomic E-state index is 13.7. The molecular weight excluding hydrogens is 363 g/mol. The van der Waals surface area contributed by atoms with Crippen LogP contribution < -0.4 is 5.32 Å². The summed E-state index contributed by atoms with van der Waals surface area (Å²) >= 11 is 3.28. The van der Waals surface area contributed by atoms with E-state index in [9.17, 15) is 14.0 Å². The predicted molar refractivity (Wildman–Crippen MR) is 88.1 cm³/mol. The van der Waals surface area contributed by atoms with Crippen LogP contribution in [-0.2, 0) is 13.0 Å². The highest BCUT2D eigenvalue weighted by Crippen LogP contribution is 2.26. The Kier molecular flexibility index (Phi) is 4.35. The number of fused-ring (bicyclic) bond motifs is 1. The van der Waals surface area contributed by atoms with E-state index in [0.29, 0.717) is 28.8 Å². The molecule has 0 atom stereocenters. The van der Waals surface area contributed by atoms with Crippen LogP contribution in [0.1, 0.15) is 50.5 Å². The number of carbonyl (C=O) groups excluding carboxylic acids is 2. The van der Waals surface area contributed by atoms with E-state index < -0.39 is 0 Å². The molecule has 4 nitrogen and oxygen atoms in total. The molecule has 0 aliphatic heterocycles. The molecule has 1 aromatic carbocycles. The van der Waals surface area contributed by atoms with Crippen LogP contribution in [0.5, 0.6) is 0 Å². The number of ketones is 1. The highest BCUT2D eigenvalue weighted by atomic mass is 79.9. The van der Waals surface area contributed by atoms with Crippen molar-refractivity contribution in [2.45, 2.75) is 32.7 Å². The molecule has 6 heteroatoms. The van der Waals surface area contributed by atoms with Crippen molar-refractivity contribution in [3.8, 4) is 0 Å². The fourth-order valence-electron chi connectivity index (χ4n) is 2.94. The lowest BCUT2D eigenvalue weighted by Gasteiger charge is -2.09. The third kappa shape index (κ3) is 3.08. The zero-order valence-corrected chi connectivity index (χ0v) is 14.2. The number of nitrogens with one attached hydrogen (secondary N) is 2. The standard InChI is InChI=1S/C17H16BrFN2O2/c1-9-15-13(3-2-4-14(15)22)21-16(9)17(23)20-8-10-7-11(18)5-6-12(10)19/h5-7,21H,2-4,8H2,1H3,(H,20,23). The Bertz CT molecular complexity index is 798. The Morgan fingerprint density at radius 2 is 2.17 bits per heavy atom. The fraction of sp³-hybridized carbons (Fsp3) is 0.294. The van der Waals surface area contributed by atoms with Gasteiger partial charge in [0.1, 0.15) is 11.5 Å². The largest absolute Gasteiger partial charge is 0.354 e. The molecule has 0 unspecified atom stereocenters. The molecule has 0 spiro atoms. The van der Waals surface area contributed by atoms with Gasteiger partial charge in [-0.05, 0) is 43.5 Å². The lowest BCUT2D eigenvalue weighted by Crippen LogP contribution is -2.24. The molecule has 0 bridgehead atoms. The molecule has 0 fully saturated rings. The second kappa shape index (κ2) is 6.28. The average molecular weight is 379 g/mol. The van der Waals surface area contributed by atoms with Gasteiger partial charge >= 0.3 is 0 Å². The first-order valence-electron chi connectivity index (χ1n) is 7.44. The second-order valence-corrected chi connectivity index (χ2v) is 6.59. The minimum atomic E-state index is -0.369. The summed E-state index contributed by atoms with van der Waals surface area (Å²) < 4.78 is 14.5. The first-order valence-corrected chi connectivity index (χ1v) is 8.23. The van der Waals surface area contributed by atoms with Gasteiger partial charge < -0.3 is 10.3 Å². The molecule has 23 heavy (non-hydrogen) atoms. The zero-order chi connectivity index (χ0) is 16.6. The lowest BCUT2D eigenvalue weighted by molar-refractivity contribution is 0.0944. The molecular formula is C17H16BrFN2O2. The van der Waals surface area contributed by atoms with Gasteiger partial charge in [0.05, 0.1) is 0 Å². The smallest absolute Gasteiger partial charge is 0.268 e. The Balaban J connectivity index is 1.79. The predicted octanol–water partition coefficient (Wildman–Crippen LogP) is 3.67. The van der Waals surface area contributed by atoms with Crippen LogP contribution >= 0.6 is 15.9 Å². The van der Waals surface area contributed by atoms with Crippen LogP contribution in [0.3, 0.4) is 0 Å². The number of hydrogen-bond acceptors (Lipinski definition) is 2. The average Bonchev–Trinajstić information content (AvgIpc) is 2.86. The van der Waals surface area contributed by atoms with Crippen molar-refractivity contribution in [2.24, 2.45) is 0 Å². The summed E-state index contributed by atoms with van der Waals surface area (Å²) in [6.45, 7) is 1.86. The van der Waals surface area contributed by atoms with Gasteiger partial charge in [0.25, 0.3) is 5.91 Å². The number of aryl methyl sites for hydroxylation is 1. The molecule has 0 radical (unpaired) electrons. The van der Waals surface area contributed by atoms with Gasteiger partial charge in [0, 0.05) is 34.3 Å². The minimum absolute atomic E-state index is 0.0806. The number of aromatic nitrogens is 1. The summed E-state index contributed by atoms with van der Waals surface area (Å²) in [6.07, 6.45) is 2.10. The third-order valence-corrected chi connectivity index (χ3v) is 4.60. The highest BCUT2D eigenvalue weighted by Gasteiger charge is 2.26. The number of hydrogen-bond donors (Lipinski definition) is 2. The number of amides is 1. The van der Waals surface area contributed by atoms with Gasteiger partial charge in [0.15, 0.2) is 5.78 Å². The van der Waals surface area contributed by atoms with E-state index in [2.05, 4.69) is 26.2 Å². The van der Waals surface area contributed by atoms with Crippen LogP contribution in [0.15, 0.2) is 22.7 Å². The summed E-state index contributed by atoms with van der Waals surface area (Å²) in [5, 5.41) is 2.71. The molecule has 3 rings (SSSR count). The zero-order valence-electron chi connectivity index (χ0n) is 12.6. The van der Waals surface area contributed by atoms with E-state index in [1.165, 1.54) is 6.07 Å². The molecule has 2 N–H and O–H groups in total. The fourth-order valence-corrected chi connectivity index (χ4v) is 3.35. The molecule has 1 aliphatic rings. The summed E-state index contributed by atoms with van der Waals surface area (Å²) in [5.74, 6) is -0.618. The molecule has 120 valence electrons. The summed E-state index contributed by atoms with van der Waals surface area (Å²) in [4.78, 5) is 27.4. The van der Waals surface area contributed by atoms with Gasteiger partial charge in [-0.25, -0.2) is 4.39 Å². The van der Waals surface area contributed by atoms with Crippen molar-refractivity contribution in [1.29, 1.82) is 0 Å². The van der Waals surface area contributed by atoms with E-state index >= 15 is 0 Å². The summed E-state index contributed by atoms with van der Waals surface area (Å²) in [6, 6.07) is 4.59. The number of carbonyl (C=O) groups is 2. The Morgan fingerprint density at radius 3 is 2.91 bits per heavy atom. The molecule has 0 saturated heterocycles. The van der Waals surface area contributed by atoms with Crippen LogP contribution in [-0.4, -0.2) is 16.7 Å². The molecule has 1 aromatic heterocycles. The molecule has 2 aromatic rings. The Labute approximate surface area is 141 Å². The number of halogens is 2. The first kappa shape index (κ1) is 15.9. The quantitative estimate of drug-likeness (QED) is 0.855. The summed E-state index contributed by atoms with van der Waals surface area (Å²) in [7, 11) is 0. The first-order chi connectivity index (χ1) is 11.0. The van der Waals surface area contributed by atoms with Gasteiger partial charge in [0.2, 0.25) is 0 Å². The molecule has 1 aliphatic carbocycles. The van der Waals surface area contributed by atoms with Crippen molar-refractivity contribution < 1.29 is 14.0 Å². The number of aromatic amines is 1. The van der Waals surface area contributed by atoms with Crippen LogP contribution in [0, 0.1) is 12.7 Å². The maximum Gasteiger partial charge on any atom is 0.268 e. The number of Topliss-reactive ketones (excluding diaryl/α,β-unsaturated/α-hetero) is 1. The van der Waals surface area contributed by atoms with Gasteiger partial charge in [-0.2, -0.15) is 0 Å². The molecule has 0 saturated carbocycles. The Morgan fingerprint density at radius 1 is 1.39 bits per heavy atom. The van der Waals surface area contributed by atoms with Crippen molar-refractivity contribution in [1.82, 2.24) is 10.3 Å². The van der Waals surface area contributed by atoms with E-state index in [0.717, 1.165) is 23.0 Å². The number of rotatable bonds is 3. The van der Waals surface area contributed by atoms with Gasteiger partial charge in [-0.15, -0.1) is 0 Å². The van der Waals surface area contributed by atoms with Gasteiger partial charge in [-0.1, -0.05) is 15.9 Å². The normalized spacial score (nSPS) is 13.8. The SMILES string of the molecule is Cc1c(C(=O)NCc2cc(Br)ccc2F)[nH]c2c1C(=O)CCC2. The van der Waals surface area contributed by atoms with Crippen LogP contribution in [0.25, 0.3) is 0 Å². The van der Waals surface area contributed by atoms with Crippen molar-refractivity contribution in [2.75, 3.05) is 0 Å². The van der Waals surface area contributed by atoms with E-state index in [4.69, 9.17) is 0 Å². The maximum atomic E-state index is 13.7. The summed E-state index contributed by atoms with van der Waals surface area (Å²) in [5.41, 5.74) is 2.95. The monoisotopic (exact) mass is 378 g/mol. The van der Waals surface area contributed by atoms with Crippen molar-refractivity contribution >= 4 is 27.6 Å². The number of H-pyrrole nitrogens is 1. The lowest BCUT2D eigenvalue weighted by atomic mass is 9.94. The van der Waals surface area contributed by atoms with E-state index in [-0.39, 0.29) is 24.1 Å². The highest BCUT2D eigenvalue weighted by molar-refractivity contribution is 9.10. The minimum Gasteiger partial charge on any atom is -0.354 e. The number of benzene rings is 1. The van der Waals surface area contributed by atoms with E-state index in [1.54, 1.807) is 19.1 Å². The Hall–Kier alpha value is -1.95. The molecule has 1 heterocycles. The van der Waals surface area contributed by atoms with Crippen LogP contribution in [0.4, 0.5) is 4.39 Å². The van der Waals surface area contributed by atoms with Crippen molar-refractivity contribution in [3.05, 3.63) is 56.6 Å². The van der Waals surface area contributed by atoms with Crippen molar-refractivity contribution in [3.63, 3.8) is 0 Å². The van der Waals surface area contributed by atoms with Crippen LogP contribution in [0.2, 0.25) is 0 Å². The van der Waals surface area contributed by atoms with Gasteiger partial charge in [-0.3, -0.25) is 9.59 Å². The topological polar surface area (TPSA) is 62.0 Å². The van der Waals surface area contributed by atoms with E-state index in [1.807, 2.05) is 0 Å². The third-order valence-electron chi connectivity index (χ3n) is 4.11.